The third-order valence-electron chi connectivity index (χ3n) is 4.54. The van der Waals surface area contributed by atoms with E-state index in [0.29, 0.717) is 16.5 Å². The van der Waals surface area contributed by atoms with E-state index in [4.69, 9.17) is 4.74 Å². The number of thioether (sulfide) groups is 1. The summed E-state index contributed by atoms with van der Waals surface area (Å²) in [6, 6.07) is 1.89. The zero-order valence-electron chi connectivity index (χ0n) is 16.7. The van der Waals surface area contributed by atoms with Crippen LogP contribution in [-0.4, -0.2) is 46.0 Å². The Morgan fingerprint density at radius 1 is 1.33 bits per heavy atom. The molecule has 0 saturated carbocycles. The first-order valence-corrected chi connectivity index (χ1v) is 10.2. The molecule has 1 fully saturated rings. The predicted octanol–water partition coefficient (Wildman–Crippen LogP) is 3.31. The van der Waals surface area contributed by atoms with E-state index in [-0.39, 0.29) is 30.6 Å². The summed E-state index contributed by atoms with van der Waals surface area (Å²) < 4.78 is 7.06. The van der Waals surface area contributed by atoms with Gasteiger partial charge in [-0.3, -0.25) is 14.5 Å². The van der Waals surface area contributed by atoms with E-state index < -0.39 is 5.97 Å². The average molecular weight is 393 g/mol. The van der Waals surface area contributed by atoms with Crippen LogP contribution in [0.15, 0.2) is 17.2 Å². The van der Waals surface area contributed by atoms with Gasteiger partial charge in [0.15, 0.2) is 5.78 Å². The van der Waals surface area contributed by atoms with Crippen LogP contribution in [0.1, 0.15) is 48.9 Å². The van der Waals surface area contributed by atoms with Crippen molar-refractivity contribution in [2.45, 2.75) is 47.6 Å². The maximum atomic E-state index is 12.9. The number of esters is 1. The highest BCUT2D eigenvalue weighted by Crippen LogP contribution is 2.29. The molecule has 7 heteroatoms. The van der Waals surface area contributed by atoms with Gasteiger partial charge in [0, 0.05) is 23.5 Å². The van der Waals surface area contributed by atoms with Gasteiger partial charge in [-0.05, 0) is 39.2 Å². The zero-order chi connectivity index (χ0) is 20.1. The zero-order valence-corrected chi connectivity index (χ0v) is 17.5. The lowest BCUT2D eigenvalue weighted by Gasteiger charge is -2.16. The minimum absolute atomic E-state index is 0.0639. The molecule has 1 saturated heterocycles. The van der Waals surface area contributed by atoms with Crippen LogP contribution in [0.3, 0.4) is 0 Å². The number of ketones is 1. The van der Waals surface area contributed by atoms with Gasteiger partial charge in [-0.1, -0.05) is 25.6 Å². The fraction of sp³-hybridized carbons (Fsp3) is 0.550. The molecule has 0 aliphatic carbocycles. The van der Waals surface area contributed by atoms with Gasteiger partial charge in [-0.15, -0.1) is 0 Å². The van der Waals surface area contributed by atoms with Gasteiger partial charge in [0.1, 0.15) is 0 Å². The van der Waals surface area contributed by atoms with Crippen LogP contribution in [-0.2, 0) is 20.9 Å². The van der Waals surface area contributed by atoms with E-state index >= 15 is 0 Å². The molecule has 1 amide bonds. The molecule has 0 aromatic carbocycles. The fourth-order valence-corrected chi connectivity index (χ4v) is 3.96. The van der Waals surface area contributed by atoms with E-state index in [0.717, 1.165) is 24.4 Å². The van der Waals surface area contributed by atoms with Gasteiger partial charge in [0.2, 0.25) is 5.91 Å². The molecule has 1 aromatic heterocycles. The number of nitrogens with zero attached hydrogens (tertiary/aromatic N) is 2. The van der Waals surface area contributed by atoms with Crippen molar-refractivity contribution >= 4 is 29.4 Å². The van der Waals surface area contributed by atoms with Crippen molar-refractivity contribution in [3.8, 4) is 0 Å². The summed E-state index contributed by atoms with van der Waals surface area (Å²) in [4.78, 5) is 38.1. The lowest BCUT2D eigenvalue weighted by atomic mass is 10.1. The number of ether oxygens (including phenoxy) is 1. The first kappa shape index (κ1) is 21.3. The number of aromatic nitrogens is 1. The lowest BCUT2D eigenvalue weighted by molar-refractivity contribution is -0.137. The van der Waals surface area contributed by atoms with Crippen molar-refractivity contribution in [2.75, 3.05) is 18.9 Å². The number of hydrogen-bond acceptors (Lipinski definition) is 5. The van der Waals surface area contributed by atoms with E-state index in [2.05, 4.69) is 18.4 Å². The Balaban J connectivity index is 2.17. The molecule has 0 spiro atoms. The Labute approximate surface area is 164 Å². The van der Waals surface area contributed by atoms with E-state index in [9.17, 15) is 14.4 Å². The molecule has 0 N–H and O–H groups in total. The number of carbonyl (C=O) groups excluding carboxylic acids is 3. The van der Waals surface area contributed by atoms with Crippen molar-refractivity contribution < 1.29 is 19.1 Å². The summed E-state index contributed by atoms with van der Waals surface area (Å²) in [5.41, 5.74) is 2.60. The molecular formula is C20H28N2O4S. The highest BCUT2D eigenvalue weighted by Gasteiger charge is 2.30. The average Bonchev–Trinajstić information content (AvgIpc) is 3.06. The van der Waals surface area contributed by atoms with Crippen molar-refractivity contribution in [3.05, 3.63) is 34.1 Å². The predicted molar refractivity (Wildman–Crippen MR) is 107 cm³/mol. The molecule has 0 unspecified atom stereocenters. The Morgan fingerprint density at radius 2 is 2.04 bits per heavy atom. The molecule has 0 radical (unpaired) electrons. The van der Waals surface area contributed by atoms with Crippen LogP contribution in [0.2, 0.25) is 0 Å². The number of rotatable bonds is 8. The fourth-order valence-electron chi connectivity index (χ4n) is 3.03. The van der Waals surface area contributed by atoms with Crippen LogP contribution in [0.25, 0.3) is 0 Å². The van der Waals surface area contributed by atoms with Gasteiger partial charge in [-0.2, -0.15) is 0 Å². The minimum Gasteiger partial charge on any atom is -0.463 e. The number of amides is 1. The normalized spacial score (nSPS) is 15.9. The van der Waals surface area contributed by atoms with Crippen molar-refractivity contribution in [2.24, 2.45) is 5.92 Å². The lowest BCUT2D eigenvalue weighted by Crippen LogP contribution is -2.31. The standard InChI is InChI=1S/C20H28N2O4S/c1-6-26-20(25)10-19-22(18(24)12-27-19)11-17(23)16-9-14(4)21(15(16)5)8-7-13(2)3/h9-10,13H,6-8,11-12H2,1-5H3/b19-10-. The van der Waals surface area contributed by atoms with Gasteiger partial charge >= 0.3 is 5.97 Å². The summed E-state index contributed by atoms with van der Waals surface area (Å²) in [5.74, 6) is 0.0209. The molecular weight excluding hydrogens is 364 g/mol. The number of Topliss-reactive ketones (excluding diaryl/α,β-unsaturated/α-hetero) is 1. The van der Waals surface area contributed by atoms with Crippen molar-refractivity contribution in [3.63, 3.8) is 0 Å². The molecule has 0 atom stereocenters. The Bertz CT molecular complexity index is 764. The monoisotopic (exact) mass is 392 g/mol. The summed E-state index contributed by atoms with van der Waals surface area (Å²) in [7, 11) is 0. The highest BCUT2D eigenvalue weighted by atomic mass is 32.2. The van der Waals surface area contributed by atoms with Crippen LogP contribution in [0, 0.1) is 19.8 Å². The summed E-state index contributed by atoms with van der Waals surface area (Å²) in [6.07, 6.45) is 2.33. The minimum atomic E-state index is -0.501. The third-order valence-corrected chi connectivity index (χ3v) is 5.57. The second-order valence-electron chi connectivity index (χ2n) is 7.05. The molecule has 2 heterocycles. The number of carbonyl (C=O) groups is 3. The second kappa shape index (κ2) is 9.26. The maximum absolute atomic E-state index is 12.9. The van der Waals surface area contributed by atoms with Gasteiger partial charge in [0.25, 0.3) is 0 Å². The van der Waals surface area contributed by atoms with Gasteiger partial charge < -0.3 is 9.30 Å². The van der Waals surface area contributed by atoms with Crippen LogP contribution in [0.5, 0.6) is 0 Å². The highest BCUT2D eigenvalue weighted by molar-refractivity contribution is 8.04. The van der Waals surface area contributed by atoms with Crippen molar-refractivity contribution in [1.82, 2.24) is 9.47 Å². The Hall–Kier alpha value is -2.02. The largest absolute Gasteiger partial charge is 0.463 e. The van der Waals surface area contributed by atoms with Gasteiger partial charge in [0.05, 0.1) is 30.0 Å². The maximum Gasteiger partial charge on any atom is 0.333 e. The van der Waals surface area contributed by atoms with Crippen LogP contribution < -0.4 is 0 Å². The third kappa shape index (κ3) is 5.25. The molecule has 6 nitrogen and oxygen atoms in total. The summed E-state index contributed by atoms with van der Waals surface area (Å²) >= 11 is 1.25. The summed E-state index contributed by atoms with van der Waals surface area (Å²) in [6.45, 7) is 11.1. The van der Waals surface area contributed by atoms with E-state index in [1.165, 1.54) is 22.7 Å². The quantitative estimate of drug-likeness (QED) is 0.386. The Morgan fingerprint density at radius 3 is 2.67 bits per heavy atom. The summed E-state index contributed by atoms with van der Waals surface area (Å²) in [5, 5.41) is 0.473. The second-order valence-corrected chi connectivity index (χ2v) is 8.04. The molecule has 1 aliphatic rings. The number of aryl methyl sites for hydroxylation is 1. The topological polar surface area (TPSA) is 68.6 Å². The number of hydrogen-bond donors (Lipinski definition) is 0. The van der Waals surface area contributed by atoms with Crippen LogP contribution in [0.4, 0.5) is 0 Å². The molecule has 0 bridgehead atoms. The van der Waals surface area contributed by atoms with Crippen LogP contribution >= 0.6 is 11.8 Å². The van der Waals surface area contributed by atoms with Crippen molar-refractivity contribution in [1.29, 1.82) is 0 Å². The molecule has 27 heavy (non-hydrogen) atoms. The smallest absolute Gasteiger partial charge is 0.333 e. The SMILES string of the molecule is CCOC(=O)/C=C1\SCC(=O)N1CC(=O)c1cc(C)n(CCC(C)C)c1C. The Kier molecular flexibility index (Phi) is 7.30. The van der Waals surface area contributed by atoms with E-state index in [1.54, 1.807) is 6.92 Å². The van der Waals surface area contributed by atoms with E-state index in [1.807, 2.05) is 19.9 Å². The first-order valence-electron chi connectivity index (χ1n) is 9.26. The first-order chi connectivity index (χ1) is 12.7. The van der Waals surface area contributed by atoms with Gasteiger partial charge in [-0.25, -0.2) is 4.79 Å². The molecule has 2 rings (SSSR count). The molecule has 1 aromatic rings. The molecule has 1 aliphatic heterocycles. The molecule has 148 valence electrons.